The molecule has 0 radical (unpaired) electrons. The molecule has 0 aromatic heterocycles. The second kappa shape index (κ2) is 7.04. The molecule has 0 saturated carbocycles. The van der Waals surface area contributed by atoms with Crippen molar-refractivity contribution in [2.75, 3.05) is 7.11 Å². The summed E-state index contributed by atoms with van der Waals surface area (Å²) in [5.74, 6) is -1.35. The number of hydrogen-bond acceptors (Lipinski definition) is 3. The van der Waals surface area contributed by atoms with Crippen LogP contribution >= 0.6 is 11.6 Å². The zero-order valence-electron chi connectivity index (χ0n) is 11.7. The van der Waals surface area contributed by atoms with E-state index in [2.05, 4.69) is 10.1 Å². The smallest absolute Gasteiger partial charge is 0.337 e. The van der Waals surface area contributed by atoms with Gasteiger partial charge in [-0.25, -0.2) is 9.18 Å². The van der Waals surface area contributed by atoms with E-state index in [9.17, 15) is 14.0 Å². The van der Waals surface area contributed by atoms with Gasteiger partial charge in [0.25, 0.3) is 5.91 Å². The number of amides is 1. The number of methoxy groups -OCH3 is 1. The van der Waals surface area contributed by atoms with Crippen LogP contribution in [0.1, 0.15) is 26.3 Å². The normalized spacial score (nSPS) is 10.1. The number of rotatable bonds is 4. The lowest BCUT2D eigenvalue weighted by Gasteiger charge is -2.07. The summed E-state index contributed by atoms with van der Waals surface area (Å²) < 4.78 is 17.6. The van der Waals surface area contributed by atoms with Gasteiger partial charge in [-0.05, 0) is 35.9 Å². The van der Waals surface area contributed by atoms with Crippen LogP contribution in [0.5, 0.6) is 0 Å². The van der Waals surface area contributed by atoms with Gasteiger partial charge in [-0.2, -0.15) is 0 Å². The first-order chi connectivity index (χ1) is 10.5. The number of halogens is 2. The van der Waals surface area contributed by atoms with Crippen molar-refractivity contribution in [3.8, 4) is 0 Å². The average Bonchev–Trinajstić information content (AvgIpc) is 2.54. The minimum absolute atomic E-state index is 0.102. The predicted octanol–water partition coefficient (Wildman–Crippen LogP) is 3.20. The third-order valence-electron chi connectivity index (χ3n) is 3.01. The Kier molecular flexibility index (Phi) is 5.12. The summed E-state index contributed by atoms with van der Waals surface area (Å²) in [5.41, 5.74) is 1.52. The summed E-state index contributed by atoms with van der Waals surface area (Å²) in [5, 5.41) is 2.59. The SMILES string of the molecule is COC(=O)c1ccc(CNC(=O)c2ccc(F)c(Cl)c2)cc1. The van der Waals surface area contributed by atoms with Crippen LogP contribution in [-0.2, 0) is 11.3 Å². The number of ether oxygens (including phenoxy) is 1. The first-order valence-electron chi connectivity index (χ1n) is 6.42. The molecule has 22 heavy (non-hydrogen) atoms. The number of benzene rings is 2. The Morgan fingerprint density at radius 1 is 1.14 bits per heavy atom. The minimum atomic E-state index is -0.573. The second-order valence-corrected chi connectivity index (χ2v) is 4.91. The lowest BCUT2D eigenvalue weighted by Crippen LogP contribution is -2.22. The van der Waals surface area contributed by atoms with E-state index in [0.717, 1.165) is 11.6 Å². The summed E-state index contributed by atoms with van der Waals surface area (Å²) in [6, 6.07) is 10.4. The largest absolute Gasteiger partial charge is 0.465 e. The summed E-state index contributed by atoms with van der Waals surface area (Å²) in [7, 11) is 1.31. The highest BCUT2D eigenvalue weighted by Crippen LogP contribution is 2.16. The van der Waals surface area contributed by atoms with Crippen molar-refractivity contribution in [2.24, 2.45) is 0 Å². The van der Waals surface area contributed by atoms with Crippen molar-refractivity contribution in [3.05, 3.63) is 70.0 Å². The van der Waals surface area contributed by atoms with E-state index in [1.165, 1.54) is 19.2 Å². The zero-order chi connectivity index (χ0) is 16.1. The van der Waals surface area contributed by atoms with Crippen LogP contribution in [0, 0.1) is 5.82 Å². The van der Waals surface area contributed by atoms with E-state index in [1.54, 1.807) is 24.3 Å². The van der Waals surface area contributed by atoms with Gasteiger partial charge < -0.3 is 10.1 Å². The van der Waals surface area contributed by atoms with Crippen molar-refractivity contribution in [3.63, 3.8) is 0 Å². The molecule has 2 aromatic rings. The van der Waals surface area contributed by atoms with Crippen molar-refractivity contribution in [1.29, 1.82) is 0 Å². The molecule has 2 rings (SSSR count). The fourth-order valence-corrected chi connectivity index (χ4v) is 1.98. The van der Waals surface area contributed by atoms with Crippen LogP contribution in [0.15, 0.2) is 42.5 Å². The van der Waals surface area contributed by atoms with Gasteiger partial charge in [0.05, 0.1) is 17.7 Å². The summed E-state index contributed by atoms with van der Waals surface area (Å²) in [4.78, 5) is 23.2. The van der Waals surface area contributed by atoms with E-state index >= 15 is 0 Å². The van der Waals surface area contributed by atoms with Crippen LogP contribution in [0.2, 0.25) is 5.02 Å². The van der Waals surface area contributed by atoms with Crippen molar-refractivity contribution in [1.82, 2.24) is 5.32 Å². The Bertz CT molecular complexity index is 701. The Hall–Kier alpha value is -2.40. The van der Waals surface area contributed by atoms with Crippen LogP contribution in [0.4, 0.5) is 4.39 Å². The number of esters is 1. The molecule has 0 saturated heterocycles. The van der Waals surface area contributed by atoms with Crippen LogP contribution in [-0.4, -0.2) is 19.0 Å². The fourth-order valence-electron chi connectivity index (χ4n) is 1.80. The molecule has 0 atom stereocenters. The van der Waals surface area contributed by atoms with Gasteiger partial charge in [-0.15, -0.1) is 0 Å². The number of carbonyl (C=O) groups excluding carboxylic acids is 2. The van der Waals surface area contributed by atoms with Crippen LogP contribution in [0.25, 0.3) is 0 Å². The molecule has 0 spiro atoms. The summed E-state index contributed by atoms with van der Waals surface area (Å²) in [6.07, 6.45) is 0. The molecular formula is C16H13ClFNO3. The molecule has 0 heterocycles. The molecule has 6 heteroatoms. The maximum Gasteiger partial charge on any atom is 0.337 e. The topological polar surface area (TPSA) is 55.4 Å². The number of hydrogen-bond donors (Lipinski definition) is 1. The van der Waals surface area contributed by atoms with Crippen molar-refractivity contribution >= 4 is 23.5 Å². The molecule has 4 nitrogen and oxygen atoms in total. The zero-order valence-corrected chi connectivity index (χ0v) is 12.5. The van der Waals surface area contributed by atoms with Crippen molar-refractivity contribution < 1.29 is 18.7 Å². The molecule has 1 amide bonds. The van der Waals surface area contributed by atoms with E-state index in [4.69, 9.17) is 11.6 Å². The second-order valence-electron chi connectivity index (χ2n) is 4.50. The summed E-state index contributed by atoms with van der Waals surface area (Å²) >= 11 is 5.64. The van der Waals surface area contributed by atoms with Crippen LogP contribution in [0.3, 0.4) is 0 Å². The molecule has 0 unspecified atom stereocenters. The summed E-state index contributed by atoms with van der Waals surface area (Å²) in [6.45, 7) is 0.273. The molecule has 114 valence electrons. The molecule has 2 aromatic carbocycles. The lowest BCUT2D eigenvalue weighted by atomic mass is 10.1. The quantitative estimate of drug-likeness (QED) is 0.880. The highest BCUT2D eigenvalue weighted by atomic mass is 35.5. The molecule has 0 aliphatic heterocycles. The highest BCUT2D eigenvalue weighted by Gasteiger charge is 2.09. The van der Waals surface area contributed by atoms with Gasteiger partial charge >= 0.3 is 5.97 Å². The predicted molar refractivity (Wildman–Crippen MR) is 80.4 cm³/mol. The average molecular weight is 322 g/mol. The van der Waals surface area contributed by atoms with E-state index in [0.29, 0.717) is 5.56 Å². The Morgan fingerprint density at radius 3 is 2.36 bits per heavy atom. The number of carbonyl (C=O) groups is 2. The van der Waals surface area contributed by atoms with Gasteiger partial charge in [0.15, 0.2) is 0 Å². The van der Waals surface area contributed by atoms with Gasteiger partial charge in [0.2, 0.25) is 0 Å². The fraction of sp³-hybridized carbons (Fsp3) is 0.125. The van der Waals surface area contributed by atoms with E-state index < -0.39 is 11.8 Å². The lowest BCUT2D eigenvalue weighted by molar-refractivity contribution is 0.0600. The van der Waals surface area contributed by atoms with Gasteiger partial charge in [0, 0.05) is 12.1 Å². The molecular weight excluding hydrogens is 309 g/mol. The van der Waals surface area contributed by atoms with Crippen molar-refractivity contribution in [2.45, 2.75) is 6.54 Å². The molecule has 0 aliphatic carbocycles. The third-order valence-corrected chi connectivity index (χ3v) is 3.30. The van der Waals surface area contributed by atoms with Gasteiger partial charge in [0.1, 0.15) is 5.82 Å². The molecule has 0 fully saturated rings. The Balaban J connectivity index is 1.98. The number of nitrogens with one attached hydrogen (secondary N) is 1. The molecule has 0 aliphatic rings. The van der Waals surface area contributed by atoms with Gasteiger partial charge in [-0.3, -0.25) is 4.79 Å². The molecule has 1 N–H and O–H groups in total. The maximum absolute atomic E-state index is 13.0. The first-order valence-corrected chi connectivity index (χ1v) is 6.79. The monoisotopic (exact) mass is 321 g/mol. The Labute approximate surface area is 131 Å². The molecule has 0 bridgehead atoms. The van der Waals surface area contributed by atoms with Gasteiger partial charge in [-0.1, -0.05) is 23.7 Å². The minimum Gasteiger partial charge on any atom is -0.465 e. The Morgan fingerprint density at radius 2 is 1.77 bits per heavy atom. The third kappa shape index (κ3) is 3.83. The van der Waals surface area contributed by atoms with E-state index in [-0.39, 0.29) is 23.0 Å². The maximum atomic E-state index is 13.0. The first kappa shape index (κ1) is 16.0. The van der Waals surface area contributed by atoms with Crippen LogP contribution < -0.4 is 5.32 Å². The standard InChI is InChI=1S/C16H13ClFNO3/c1-22-16(21)11-4-2-10(3-5-11)9-19-15(20)12-6-7-14(18)13(17)8-12/h2-8H,9H2,1H3,(H,19,20). The van der Waals surface area contributed by atoms with E-state index in [1.807, 2.05) is 0 Å². The highest BCUT2D eigenvalue weighted by molar-refractivity contribution is 6.31.